The van der Waals surface area contributed by atoms with Crippen LogP contribution in [0, 0.1) is 0 Å². The van der Waals surface area contributed by atoms with Crippen LogP contribution < -0.4 is 5.90 Å². The SMILES string of the molecule is CCOC(=O)CCC(=O)ON. The topological polar surface area (TPSA) is 78.6 Å². The smallest absolute Gasteiger partial charge is 0.325 e. The second-order valence-electron chi connectivity index (χ2n) is 1.79. The number of carbonyl (C=O) groups is 2. The fourth-order valence-electron chi connectivity index (χ4n) is 0.496. The number of ether oxygens (including phenoxy) is 1. The van der Waals surface area contributed by atoms with Gasteiger partial charge in [-0.1, -0.05) is 0 Å². The third kappa shape index (κ3) is 5.35. The molecule has 0 aliphatic carbocycles. The molecule has 0 saturated heterocycles. The molecule has 0 aromatic heterocycles. The summed E-state index contributed by atoms with van der Waals surface area (Å²) in [5.74, 6) is 3.50. The van der Waals surface area contributed by atoms with Crippen LogP contribution in [0.3, 0.4) is 0 Å². The lowest BCUT2D eigenvalue weighted by Crippen LogP contribution is -2.12. The minimum atomic E-state index is -0.613. The van der Waals surface area contributed by atoms with Crippen LogP contribution in [-0.2, 0) is 19.2 Å². The zero-order chi connectivity index (χ0) is 8.69. The minimum Gasteiger partial charge on any atom is -0.466 e. The first kappa shape index (κ1) is 9.90. The van der Waals surface area contributed by atoms with Crippen LogP contribution in [0.1, 0.15) is 19.8 Å². The normalized spacial score (nSPS) is 8.91. The van der Waals surface area contributed by atoms with Crippen LogP contribution >= 0.6 is 0 Å². The van der Waals surface area contributed by atoms with Gasteiger partial charge in [-0.15, -0.1) is 0 Å². The van der Waals surface area contributed by atoms with Gasteiger partial charge in [-0.2, -0.15) is 5.90 Å². The van der Waals surface area contributed by atoms with Crippen molar-refractivity contribution in [1.82, 2.24) is 0 Å². The van der Waals surface area contributed by atoms with Crippen molar-refractivity contribution in [3.05, 3.63) is 0 Å². The van der Waals surface area contributed by atoms with Crippen molar-refractivity contribution in [3.8, 4) is 0 Å². The molecule has 0 fully saturated rings. The molecule has 0 aliphatic rings. The second-order valence-corrected chi connectivity index (χ2v) is 1.79. The lowest BCUT2D eigenvalue weighted by molar-refractivity contribution is -0.150. The van der Waals surface area contributed by atoms with Crippen molar-refractivity contribution in [2.75, 3.05) is 6.61 Å². The highest BCUT2D eigenvalue weighted by molar-refractivity contribution is 5.77. The van der Waals surface area contributed by atoms with E-state index in [1.165, 1.54) is 0 Å². The molecule has 0 aliphatic heterocycles. The Morgan fingerprint density at radius 1 is 1.27 bits per heavy atom. The summed E-state index contributed by atoms with van der Waals surface area (Å²) < 4.78 is 4.55. The molecule has 0 saturated carbocycles. The minimum absolute atomic E-state index is 0.0177. The van der Waals surface area contributed by atoms with Crippen molar-refractivity contribution in [1.29, 1.82) is 0 Å². The maximum atomic E-state index is 10.6. The van der Waals surface area contributed by atoms with E-state index < -0.39 is 11.9 Å². The van der Waals surface area contributed by atoms with Crippen LogP contribution in [0.15, 0.2) is 0 Å². The molecule has 11 heavy (non-hydrogen) atoms. The zero-order valence-corrected chi connectivity index (χ0v) is 6.33. The van der Waals surface area contributed by atoms with E-state index in [-0.39, 0.29) is 12.8 Å². The molecule has 0 bridgehead atoms. The molecular weight excluding hydrogens is 150 g/mol. The van der Waals surface area contributed by atoms with Crippen molar-refractivity contribution in [2.45, 2.75) is 19.8 Å². The highest BCUT2D eigenvalue weighted by Gasteiger charge is 2.06. The third-order valence-electron chi connectivity index (χ3n) is 0.970. The van der Waals surface area contributed by atoms with Gasteiger partial charge >= 0.3 is 11.9 Å². The van der Waals surface area contributed by atoms with E-state index in [4.69, 9.17) is 0 Å². The van der Waals surface area contributed by atoms with Gasteiger partial charge in [-0.3, -0.25) is 9.59 Å². The monoisotopic (exact) mass is 161 g/mol. The number of rotatable bonds is 4. The van der Waals surface area contributed by atoms with Crippen LogP contribution in [-0.4, -0.2) is 18.5 Å². The fraction of sp³-hybridized carbons (Fsp3) is 0.667. The Labute approximate surface area is 64.4 Å². The number of nitrogens with two attached hydrogens (primary N) is 1. The van der Waals surface area contributed by atoms with E-state index in [0.29, 0.717) is 6.61 Å². The zero-order valence-electron chi connectivity index (χ0n) is 6.33. The number of hydrogen-bond acceptors (Lipinski definition) is 5. The van der Waals surface area contributed by atoms with Crippen molar-refractivity contribution < 1.29 is 19.2 Å². The van der Waals surface area contributed by atoms with Crippen molar-refractivity contribution in [3.63, 3.8) is 0 Å². The Morgan fingerprint density at radius 2 is 1.82 bits per heavy atom. The molecule has 0 atom stereocenters. The Hall–Kier alpha value is -1.10. The van der Waals surface area contributed by atoms with E-state index in [1.807, 2.05) is 0 Å². The van der Waals surface area contributed by atoms with E-state index in [0.717, 1.165) is 0 Å². The molecule has 0 rings (SSSR count). The van der Waals surface area contributed by atoms with Crippen molar-refractivity contribution >= 4 is 11.9 Å². The summed E-state index contributed by atoms with van der Waals surface area (Å²) in [5, 5.41) is 0. The highest BCUT2D eigenvalue weighted by Crippen LogP contribution is 1.93. The molecule has 0 radical (unpaired) electrons. The average molecular weight is 161 g/mol. The summed E-state index contributed by atoms with van der Waals surface area (Å²) in [6.45, 7) is 2.01. The van der Waals surface area contributed by atoms with E-state index >= 15 is 0 Å². The van der Waals surface area contributed by atoms with Crippen LogP contribution in [0.4, 0.5) is 0 Å². The molecule has 0 unspecified atom stereocenters. The maximum absolute atomic E-state index is 10.6. The van der Waals surface area contributed by atoms with Crippen LogP contribution in [0.5, 0.6) is 0 Å². The molecule has 0 aromatic carbocycles. The Kier molecular flexibility index (Phi) is 5.10. The summed E-state index contributed by atoms with van der Waals surface area (Å²) in [6, 6.07) is 0. The molecule has 2 N–H and O–H groups in total. The average Bonchev–Trinajstić information content (AvgIpc) is 2.01. The summed E-state index contributed by atoms with van der Waals surface area (Å²) in [4.78, 5) is 24.8. The van der Waals surface area contributed by atoms with Gasteiger partial charge in [-0.25, -0.2) is 0 Å². The molecule has 0 spiro atoms. The molecule has 64 valence electrons. The summed E-state index contributed by atoms with van der Waals surface area (Å²) in [7, 11) is 0. The van der Waals surface area contributed by atoms with Gasteiger partial charge < -0.3 is 9.57 Å². The van der Waals surface area contributed by atoms with Gasteiger partial charge in [0.25, 0.3) is 0 Å². The molecule has 0 amide bonds. The first-order chi connectivity index (χ1) is 5.20. The summed E-state index contributed by atoms with van der Waals surface area (Å²) >= 11 is 0. The highest BCUT2D eigenvalue weighted by atomic mass is 16.7. The van der Waals surface area contributed by atoms with Crippen molar-refractivity contribution in [2.24, 2.45) is 5.90 Å². The van der Waals surface area contributed by atoms with E-state index in [1.54, 1.807) is 6.92 Å². The van der Waals surface area contributed by atoms with E-state index in [2.05, 4.69) is 15.5 Å². The first-order valence-corrected chi connectivity index (χ1v) is 3.26. The quantitative estimate of drug-likeness (QED) is 0.454. The van der Waals surface area contributed by atoms with Gasteiger partial charge in [0, 0.05) is 0 Å². The fourth-order valence-corrected chi connectivity index (χ4v) is 0.496. The lowest BCUT2D eigenvalue weighted by Gasteiger charge is -1.99. The standard InChI is InChI=1S/C6H11NO4/c1-2-10-5(8)3-4-6(9)11-7/h2-4,7H2,1H3. The molecule has 5 nitrogen and oxygen atoms in total. The molecule has 0 heterocycles. The maximum Gasteiger partial charge on any atom is 0.325 e. The van der Waals surface area contributed by atoms with Gasteiger partial charge in [0.15, 0.2) is 0 Å². The van der Waals surface area contributed by atoms with Gasteiger partial charge in [-0.05, 0) is 6.92 Å². The number of hydrogen-bond donors (Lipinski definition) is 1. The van der Waals surface area contributed by atoms with Crippen LogP contribution in [0.25, 0.3) is 0 Å². The molecule has 5 heteroatoms. The second kappa shape index (κ2) is 5.67. The first-order valence-electron chi connectivity index (χ1n) is 3.26. The van der Waals surface area contributed by atoms with Gasteiger partial charge in [0.05, 0.1) is 19.4 Å². The Bertz CT molecular complexity index is 146. The Balaban J connectivity index is 3.38. The van der Waals surface area contributed by atoms with Crippen LogP contribution in [0.2, 0.25) is 0 Å². The Morgan fingerprint density at radius 3 is 2.27 bits per heavy atom. The lowest BCUT2D eigenvalue weighted by atomic mass is 10.3. The number of carbonyl (C=O) groups excluding carboxylic acids is 2. The van der Waals surface area contributed by atoms with Gasteiger partial charge in [0.1, 0.15) is 0 Å². The third-order valence-corrected chi connectivity index (χ3v) is 0.970. The molecular formula is C6H11NO4. The predicted octanol–water partition coefficient (Wildman–Crippen LogP) is -0.253. The predicted molar refractivity (Wildman–Crippen MR) is 36.1 cm³/mol. The van der Waals surface area contributed by atoms with E-state index in [9.17, 15) is 9.59 Å². The summed E-state index contributed by atoms with van der Waals surface area (Å²) in [6.07, 6.45) is -0.0147. The largest absolute Gasteiger partial charge is 0.466 e. The summed E-state index contributed by atoms with van der Waals surface area (Å²) in [5.41, 5.74) is 0. The number of esters is 1. The van der Waals surface area contributed by atoms with Gasteiger partial charge in [0.2, 0.25) is 0 Å². The molecule has 0 aromatic rings.